The molecule has 0 aliphatic carbocycles. The van der Waals surface area contributed by atoms with Crippen molar-refractivity contribution < 1.29 is 14.3 Å². The lowest BCUT2D eigenvalue weighted by molar-refractivity contribution is 0.0524. The van der Waals surface area contributed by atoms with Crippen LogP contribution in [0.1, 0.15) is 49.7 Å². The first-order valence-corrected chi connectivity index (χ1v) is 10.4. The van der Waals surface area contributed by atoms with E-state index in [2.05, 4.69) is 15.2 Å². The molecular formula is C20H28N4O3S. The lowest BCUT2D eigenvalue weighted by atomic mass is 9.93. The third-order valence-corrected chi connectivity index (χ3v) is 5.95. The van der Waals surface area contributed by atoms with E-state index in [1.807, 2.05) is 32.9 Å². The van der Waals surface area contributed by atoms with Gasteiger partial charge in [0.15, 0.2) is 0 Å². The summed E-state index contributed by atoms with van der Waals surface area (Å²) in [6, 6.07) is 3.75. The van der Waals surface area contributed by atoms with E-state index in [-0.39, 0.29) is 6.09 Å². The lowest BCUT2D eigenvalue weighted by Gasteiger charge is -2.33. The number of carbonyl (C=O) groups is 2. The first-order valence-electron chi connectivity index (χ1n) is 9.63. The van der Waals surface area contributed by atoms with E-state index in [0.717, 1.165) is 48.3 Å². The smallest absolute Gasteiger partial charge is 0.407 e. The summed E-state index contributed by atoms with van der Waals surface area (Å²) in [7, 11) is 0. The van der Waals surface area contributed by atoms with Gasteiger partial charge in [-0.3, -0.25) is 4.79 Å². The number of ether oxygens (including phenoxy) is 1. The fourth-order valence-electron chi connectivity index (χ4n) is 3.42. The molecule has 7 nitrogen and oxygen atoms in total. The van der Waals surface area contributed by atoms with Gasteiger partial charge in [0.25, 0.3) is 5.91 Å². The Kier molecular flexibility index (Phi) is 6.07. The van der Waals surface area contributed by atoms with E-state index in [9.17, 15) is 9.59 Å². The Bertz CT molecular complexity index is 851. The second-order valence-electron chi connectivity index (χ2n) is 8.18. The third-order valence-electron chi connectivity index (χ3n) is 4.79. The number of nitrogens with two attached hydrogens (primary N) is 1. The molecular weight excluding hydrogens is 376 g/mol. The monoisotopic (exact) mass is 404 g/mol. The van der Waals surface area contributed by atoms with Gasteiger partial charge in [-0.25, -0.2) is 9.78 Å². The molecule has 2 aromatic heterocycles. The van der Waals surface area contributed by atoms with Crippen LogP contribution >= 0.6 is 11.3 Å². The number of hydrogen-bond donors (Lipinski definition) is 2. The van der Waals surface area contributed by atoms with Gasteiger partial charge in [-0.15, -0.1) is 11.3 Å². The van der Waals surface area contributed by atoms with Gasteiger partial charge < -0.3 is 20.7 Å². The molecule has 8 heteroatoms. The summed E-state index contributed by atoms with van der Waals surface area (Å²) in [5.41, 5.74) is 4.95. The van der Waals surface area contributed by atoms with Crippen LogP contribution in [0.4, 0.5) is 10.6 Å². The molecule has 3 heterocycles. The first kappa shape index (κ1) is 20.4. The number of nitrogens with one attached hydrogen (secondary N) is 1. The number of anilines is 1. The van der Waals surface area contributed by atoms with Gasteiger partial charge in [0.1, 0.15) is 11.4 Å². The topological polar surface area (TPSA) is 97.6 Å². The number of hydrogen-bond acceptors (Lipinski definition) is 6. The van der Waals surface area contributed by atoms with Crippen molar-refractivity contribution in [3.63, 3.8) is 0 Å². The Morgan fingerprint density at radius 1 is 1.36 bits per heavy atom. The Hall–Kier alpha value is -2.35. The summed E-state index contributed by atoms with van der Waals surface area (Å²) in [4.78, 5) is 30.6. The van der Waals surface area contributed by atoms with Crippen LogP contribution in [0.2, 0.25) is 0 Å². The van der Waals surface area contributed by atoms with Crippen molar-refractivity contribution >= 4 is 39.2 Å². The van der Waals surface area contributed by atoms with Gasteiger partial charge in [-0.05, 0) is 63.5 Å². The molecule has 0 spiro atoms. The summed E-state index contributed by atoms with van der Waals surface area (Å²) in [6.45, 7) is 8.02. The molecule has 28 heavy (non-hydrogen) atoms. The molecule has 152 valence electrons. The largest absolute Gasteiger partial charge is 0.444 e. The number of thiophene rings is 1. The maximum absolute atomic E-state index is 11.7. The van der Waals surface area contributed by atoms with Gasteiger partial charge in [-0.1, -0.05) is 0 Å². The molecule has 1 saturated heterocycles. The van der Waals surface area contributed by atoms with E-state index in [1.165, 1.54) is 11.3 Å². The van der Waals surface area contributed by atoms with Gasteiger partial charge in [-0.2, -0.15) is 0 Å². The number of pyridine rings is 1. The Morgan fingerprint density at radius 3 is 2.71 bits per heavy atom. The Labute approximate surface area is 169 Å². The van der Waals surface area contributed by atoms with Crippen molar-refractivity contribution in [1.29, 1.82) is 0 Å². The minimum Gasteiger partial charge on any atom is -0.444 e. The molecule has 1 aliphatic heterocycles. The summed E-state index contributed by atoms with van der Waals surface area (Å²) in [5, 5.41) is 3.84. The molecule has 0 radical (unpaired) electrons. The van der Waals surface area contributed by atoms with Crippen LogP contribution in [0.5, 0.6) is 0 Å². The number of amides is 2. The van der Waals surface area contributed by atoms with E-state index in [1.54, 1.807) is 6.20 Å². The zero-order chi connectivity index (χ0) is 20.3. The first-order chi connectivity index (χ1) is 13.2. The fraction of sp³-hybridized carbons (Fsp3) is 0.550. The van der Waals surface area contributed by atoms with E-state index in [0.29, 0.717) is 17.3 Å². The number of nitrogens with zero attached hydrogens (tertiary/aromatic N) is 2. The molecule has 1 aliphatic rings. The highest BCUT2D eigenvalue weighted by atomic mass is 32.1. The summed E-state index contributed by atoms with van der Waals surface area (Å²) in [5.74, 6) is 1.10. The number of carbonyl (C=O) groups excluding carboxylic acids is 2. The second-order valence-corrected chi connectivity index (χ2v) is 9.23. The fourth-order valence-corrected chi connectivity index (χ4v) is 4.45. The maximum atomic E-state index is 11.7. The Morgan fingerprint density at radius 2 is 2.07 bits per heavy atom. The SMILES string of the molecule is CC(C)(C)OC(=O)NCCC1CCN(c2nccc3cc(C(N)=O)sc23)CC1. The van der Waals surface area contributed by atoms with Crippen LogP contribution in [-0.2, 0) is 4.74 Å². The van der Waals surface area contributed by atoms with E-state index < -0.39 is 11.5 Å². The molecule has 2 amide bonds. The molecule has 0 bridgehead atoms. The lowest BCUT2D eigenvalue weighted by Crippen LogP contribution is -2.37. The highest BCUT2D eigenvalue weighted by Gasteiger charge is 2.23. The van der Waals surface area contributed by atoms with Crippen molar-refractivity contribution in [2.75, 3.05) is 24.5 Å². The van der Waals surface area contributed by atoms with Crippen LogP contribution in [0, 0.1) is 5.92 Å². The predicted octanol–water partition coefficient (Wildman–Crippen LogP) is 3.53. The second kappa shape index (κ2) is 8.34. The third kappa shape index (κ3) is 5.13. The zero-order valence-electron chi connectivity index (χ0n) is 16.7. The molecule has 0 unspecified atom stereocenters. The predicted molar refractivity (Wildman–Crippen MR) is 112 cm³/mol. The van der Waals surface area contributed by atoms with Gasteiger partial charge in [0, 0.05) is 25.8 Å². The molecule has 0 atom stereocenters. The Balaban J connectivity index is 1.52. The molecule has 0 saturated carbocycles. The van der Waals surface area contributed by atoms with Crippen LogP contribution in [0.25, 0.3) is 10.1 Å². The van der Waals surface area contributed by atoms with Crippen LogP contribution < -0.4 is 16.0 Å². The number of aromatic nitrogens is 1. The van der Waals surface area contributed by atoms with Crippen molar-refractivity contribution in [3.05, 3.63) is 23.2 Å². The average molecular weight is 405 g/mol. The standard InChI is InChI=1S/C20H28N4O3S/c1-20(2,3)27-19(26)23-8-4-13-6-10-24(11-7-13)18-16-14(5-9-22-18)12-15(28-16)17(21)25/h5,9,12-13H,4,6-8,10-11H2,1-3H3,(H2,21,25)(H,23,26). The molecule has 3 N–H and O–H groups in total. The number of rotatable bonds is 5. The molecule has 0 aromatic carbocycles. The molecule has 2 aromatic rings. The van der Waals surface area contributed by atoms with E-state index in [4.69, 9.17) is 10.5 Å². The number of primary amides is 1. The van der Waals surface area contributed by atoms with Gasteiger partial charge in [0.05, 0.1) is 9.58 Å². The highest BCUT2D eigenvalue weighted by molar-refractivity contribution is 7.21. The molecule has 3 rings (SSSR count). The van der Waals surface area contributed by atoms with E-state index >= 15 is 0 Å². The number of piperidine rings is 1. The number of alkyl carbamates (subject to hydrolysis) is 1. The number of fused-ring (bicyclic) bond motifs is 1. The summed E-state index contributed by atoms with van der Waals surface area (Å²) < 4.78 is 6.28. The minimum atomic E-state index is -0.473. The normalized spacial score (nSPS) is 15.6. The quantitative estimate of drug-likeness (QED) is 0.794. The van der Waals surface area contributed by atoms with Crippen molar-refractivity contribution in [2.45, 2.75) is 45.6 Å². The average Bonchev–Trinajstić information content (AvgIpc) is 3.05. The van der Waals surface area contributed by atoms with Crippen LogP contribution in [-0.4, -0.2) is 42.2 Å². The summed E-state index contributed by atoms with van der Waals surface area (Å²) >= 11 is 1.41. The van der Waals surface area contributed by atoms with Crippen LogP contribution in [0.15, 0.2) is 18.3 Å². The molecule has 1 fully saturated rings. The van der Waals surface area contributed by atoms with Crippen molar-refractivity contribution in [2.24, 2.45) is 11.7 Å². The van der Waals surface area contributed by atoms with Crippen molar-refractivity contribution in [3.8, 4) is 0 Å². The van der Waals surface area contributed by atoms with Crippen molar-refractivity contribution in [1.82, 2.24) is 10.3 Å². The van der Waals surface area contributed by atoms with Gasteiger partial charge in [0.2, 0.25) is 0 Å². The van der Waals surface area contributed by atoms with Gasteiger partial charge >= 0.3 is 6.09 Å². The highest BCUT2D eigenvalue weighted by Crippen LogP contribution is 2.34. The minimum absolute atomic E-state index is 0.358. The maximum Gasteiger partial charge on any atom is 0.407 e. The zero-order valence-corrected chi connectivity index (χ0v) is 17.5. The summed E-state index contributed by atoms with van der Waals surface area (Å²) in [6.07, 6.45) is 4.45. The van der Waals surface area contributed by atoms with Crippen LogP contribution in [0.3, 0.4) is 0 Å².